The summed E-state index contributed by atoms with van der Waals surface area (Å²) in [5.74, 6) is 1.41. The lowest BCUT2D eigenvalue weighted by Crippen LogP contribution is -2.37. The van der Waals surface area contributed by atoms with Gasteiger partial charge in [0, 0.05) is 43.9 Å². The molecule has 0 bridgehead atoms. The first kappa shape index (κ1) is 17.9. The Hall–Kier alpha value is -1.89. The topological polar surface area (TPSA) is 64.0 Å². The quantitative estimate of drug-likeness (QED) is 0.737. The molecular formula is C19H26N2O4. The van der Waals surface area contributed by atoms with Crippen molar-refractivity contribution < 1.29 is 19.3 Å². The van der Waals surface area contributed by atoms with Crippen molar-refractivity contribution in [3.63, 3.8) is 0 Å². The van der Waals surface area contributed by atoms with E-state index in [-0.39, 0.29) is 6.61 Å². The number of aromatic nitrogens is 1. The van der Waals surface area contributed by atoms with E-state index in [1.165, 1.54) is 0 Å². The molecule has 0 saturated carbocycles. The molecule has 1 fully saturated rings. The Morgan fingerprint density at radius 1 is 1.24 bits per heavy atom. The molecule has 0 aliphatic carbocycles. The van der Waals surface area contributed by atoms with Crippen molar-refractivity contribution in [2.75, 3.05) is 53.2 Å². The van der Waals surface area contributed by atoms with Gasteiger partial charge in [0.1, 0.15) is 0 Å². The van der Waals surface area contributed by atoms with Crippen LogP contribution >= 0.6 is 0 Å². The molecule has 6 heteroatoms. The van der Waals surface area contributed by atoms with Crippen LogP contribution in [0.15, 0.2) is 24.4 Å². The fraction of sp³-hybridized carbons (Fsp3) is 0.526. The predicted molar refractivity (Wildman–Crippen MR) is 96.5 cm³/mol. The van der Waals surface area contributed by atoms with Crippen molar-refractivity contribution in [3.8, 4) is 11.5 Å². The second kappa shape index (κ2) is 8.99. The number of pyridine rings is 1. The van der Waals surface area contributed by atoms with Crippen LogP contribution in [0.1, 0.15) is 12.0 Å². The van der Waals surface area contributed by atoms with E-state index in [2.05, 4.69) is 9.88 Å². The number of aliphatic hydroxyl groups excluding tert-OH is 1. The van der Waals surface area contributed by atoms with E-state index in [0.717, 1.165) is 55.7 Å². The number of nitrogens with zero attached hydrogens (tertiary/aromatic N) is 2. The molecule has 0 spiro atoms. The third-order valence-electron chi connectivity index (χ3n) is 4.48. The van der Waals surface area contributed by atoms with Crippen molar-refractivity contribution >= 4 is 10.9 Å². The maximum Gasteiger partial charge on any atom is 0.163 e. The molecular weight excluding hydrogens is 320 g/mol. The molecule has 0 unspecified atom stereocenters. The maximum absolute atomic E-state index is 9.22. The number of methoxy groups -OCH3 is 1. The molecule has 1 aromatic carbocycles. The van der Waals surface area contributed by atoms with Gasteiger partial charge in [0.15, 0.2) is 11.5 Å². The SMILES string of the molecule is COc1cc2c(CCO)ccnc2cc1OCCCN1CCOCC1. The normalized spacial score (nSPS) is 15.4. The van der Waals surface area contributed by atoms with Crippen LogP contribution in [0.4, 0.5) is 0 Å². The minimum atomic E-state index is 0.112. The minimum absolute atomic E-state index is 0.112. The first-order valence-corrected chi connectivity index (χ1v) is 8.81. The summed E-state index contributed by atoms with van der Waals surface area (Å²) in [5, 5.41) is 10.2. The lowest BCUT2D eigenvalue weighted by molar-refractivity contribution is 0.0357. The lowest BCUT2D eigenvalue weighted by Gasteiger charge is -2.26. The minimum Gasteiger partial charge on any atom is -0.493 e. The van der Waals surface area contributed by atoms with Gasteiger partial charge >= 0.3 is 0 Å². The molecule has 1 saturated heterocycles. The number of hydrogen-bond acceptors (Lipinski definition) is 6. The average Bonchev–Trinajstić information content (AvgIpc) is 2.66. The Morgan fingerprint density at radius 3 is 2.84 bits per heavy atom. The Kier molecular flexibility index (Phi) is 6.44. The molecule has 2 aromatic rings. The lowest BCUT2D eigenvalue weighted by atomic mass is 10.1. The summed E-state index contributed by atoms with van der Waals surface area (Å²) >= 11 is 0. The Balaban J connectivity index is 1.65. The number of ether oxygens (including phenoxy) is 3. The van der Waals surface area contributed by atoms with Crippen LogP contribution in [0, 0.1) is 0 Å². The first-order chi connectivity index (χ1) is 12.3. The van der Waals surface area contributed by atoms with Crippen LogP contribution in [0.5, 0.6) is 11.5 Å². The fourth-order valence-electron chi connectivity index (χ4n) is 3.12. The molecule has 2 heterocycles. The molecule has 3 rings (SSSR count). The van der Waals surface area contributed by atoms with Gasteiger partial charge in [-0.15, -0.1) is 0 Å². The number of hydrogen-bond donors (Lipinski definition) is 1. The molecule has 136 valence electrons. The number of fused-ring (bicyclic) bond motifs is 1. The molecule has 1 aliphatic heterocycles. The molecule has 25 heavy (non-hydrogen) atoms. The van der Waals surface area contributed by atoms with E-state index in [1.54, 1.807) is 13.3 Å². The summed E-state index contributed by atoms with van der Waals surface area (Å²) in [6.45, 7) is 5.39. The number of rotatable bonds is 8. The summed E-state index contributed by atoms with van der Waals surface area (Å²) in [6, 6.07) is 5.80. The van der Waals surface area contributed by atoms with Gasteiger partial charge in [-0.3, -0.25) is 9.88 Å². The van der Waals surface area contributed by atoms with Crippen molar-refractivity contribution in [1.82, 2.24) is 9.88 Å². The summed E-state index contributed by atoms with van der Waals surface area (Å²) in [7, 11) is 1.64. The van der Waals surface area contributed by atoms with Gasteiger partial charge in [-0.1, -0.05) is 0 Å². The summed E-state index contributed by atoms with van der Waals surface area (Å²) in [6.07, 6.45) is 3.32. The molecule has 0 atom stereocenters. The smallest absolute Gasteiger partial charge is 0.163 e. The zero-order valence-corrected chi connectivity index (χ0v) is 14.7. The summed E-state index contributed by atoms with van der Waals surface area (Å²) < 4.78 is 16.8. The predicted octanol–water partition coefficient (Wildman–Crippen LogP) is 1.88. The highest BCUT2D eigenvalue weighted by Crippen LogP contribution is 2.33. The van der Waals surface area contributed by atoms with E-state index in [9.17, 15) is 5.11 Å². The average molecular weight is 346 g/mol. The van der Waals surface area contributed by atoms with Gasteiger partial charge in [-0.05, 0) is 30.5 Å². The second-order valence-electron chi connectivity index (χ2n) is 6.12. The van der Waals surface area contributed by atoms with Crippen LogP contribution in [-0.4, -0.2) is 68.2 Å². The molecule has 0 amide bonds. The maximum atomic E-state index is 9.22. The highest BCUT2D eigenvalue weighted by atomic mass is 16.5. The number of morpholine rings is 1. The Bertz CT molecular complexity index is 686. The van der Waals surface area contributed by atoms with Gasteiger partial charge in [-0.2, -0.15) is 0 Å². The van der Waals surface area contributed by atoms with Gasteiger partial charge < -0.3 is 19.3 Å². The molecule has 1 N–H and O–H groups in total. The fourth-order valence-corrected chi connectivity index (χ4v) is 3.12. The van der Waals surface area contributed by atoms with Crippen molar-refractivity contribution in [2.24, 2.45) is 0 Å². The van der Waals surface area contributed by atoms with E-state index < -0.39 is 0 Å². The van der Waals surface area contributed by atoms with Crippen molar-refractivity contribution in [1.29, 1.82) is 0 Å². The van der Waals surface area contributed by atoms with Crippen molar-refractivity contribution in [2.45, 2.75) is 12.8 Å². The third kappa shape index (κ3) is 4.60. The highest BCUT2D eigenvalue weighted by molar-refractivity contribution is 5.85. The number of aliphatic hydroxyl groups is 1. The summed E-state index contributed by atoms with van der Waals surface area (Å²) in [5.41, 5.74) is 1.92. The van der Waals surface area contributed by atoms with E-state index in [0.29, 0.717) is 24.5 Å². The zero-order valence-electron chi connectivity index (χ0n) is 14.7. The molecule has 1 aromatic heterocycles. The van der Waals surface area contributed by atoms with Gasteiger partial charge in [0.25, 0.3) is 0 Å². The largest absolute Gasteiger partial charge is 0.493 e. The van der Waals surface area contributed by atoms with Crippen LogP contribution < -0.4 is 9.47 Å². The molecule has 1 aliphatic rings. The Labute approximate surface area is 148 Å². The zero-order chi connectivity index (χ0) is 17.5. The van der Waals surface area contributed by atoms with Crippen LogP contribution in [0.3, 0.4) is 0 Å². The van der Waals surface area contributed by atoms with Crippen molar-refractivity contribution in [3.05, 3.63) is 30.0 Å². The molecule has 0 radical (unpaired) electrons. The van der Waals surface area contributed by atoms with Gasteiger partial charge in [0.2, 0.25) is 0 Å². The third-order valence-corrected chi connectivity index (χ3v) is 4.48. The van der Waals surface area contributed by atoms with Gasteiger partial charge in [-0.25, -0.2) is 0 Å². The Morgan fingerprint density at radius 2 is 2.08 bits per heavy atom. The summed E-state index contributed by atoms with van der Waals surface area (Å²) in [4.78, 5) is 6.82. The van der Waals surface area contributed by atoms with Crippen LogP contribution in [0.2, 0.25) is 0 Å². The van der Waals surface area contributed by atoms with Crippen LogP contribution in [-0.2, 0) is 11.2 Å². The monoisotopic (exact) mass is 346 g/mol. The molecule has 6 nitrogen and oxygen atoms in total. The number of benzene rings is 1. The highest BCUT2D eigenvalue weighted by Gasteiger charge is 2.12. The van der Waals surface area contributed by atoms with E-state index in [4.69, 9.17) is 14.2 Å². The standard InChI is InChI=1S/C19H26N2O4/c1-23-18-13-16-15(4-9-22)3-5-20-17(16)14-19(18)25-10-2-6-21-7-11-24-12-8-21/h3,5,13-14,22H,2,4,6-12H2,1H3. The first-order valence-electron chi connectivity index (χ1n) is 8.81. The second-order valence-corrected chi connectivity index (χ2v) is 6.12. The van der Waals surface area contributed by atoms with Crippen LogP contribution in [0.25, 0.3) is 10.9 Å². The van der Waals surface area contributed by atoms with E-state index in [1.807, 2.05) is 18.2 Å². The van der Waals surface area contributed by atoms with E-state index >= 15 is 0 Å². The van der Waals surface area contributed by atoms with Gasteiger partial charge in [0.05, 0.1) is 32.4 Å².